The first-order valence-corrected chi connectivity index (χ1v) is 9.96. The Morgan fingerprint density at radius 2 is 1.79 bits per heavy atom. The minimum Gasteiger partial charge on any atom is -0.495 e. The van der Waals surface area contributed by atoms with Crippen LogP contribution in [0.4, 0.5) is 15.3 Å². The molecule has 160 valence electrons. The van der Waals surface area contributed by atoms with Crippen molar-refractivity contribution in [3.8, 4) is 5.75 Å². The summed E-state index contributed by atoms with van der Waals surface area (Å²) in [5.41, 5.74) is 2.22. The van der Waals surface area contributed by atoms with Crippen molar-refractivity contribution < 1.29 is 23.8 Å². The van der Waals surface area contributed by atoms with E-state index in [1.165, 1.54) is 0 Å². The molecule has 0 aliphatic carbocycles. The number of amides is 3. The van der Waals surface area contributed by atoms with Crippen molar-refractivity contribution in [1.29, 1.82) is 0 Å². The molecule has 0 spiro atoms. The van der Waals surface area contributed by atoms with Gasteiger partial charge in [-0.2, -0.15) is 0 Å². The van der Waals surface area contributed by atoms with Crippen LogP contribution in [0.1, 0.15) is 38.3 Å². The zero-order chi connectivity index (χ0) is 21.2. The third-order valence-corrected chi connectivity index (χ3v) is 5.04. The van der Waals surface area contributed by atoms with Gasteiger partial charge in [0.2, 0.25) is 0 Å². The highest BCUT2D eigenvalue weighted by Crippen LogP contribution is 2.37. The number of ether oxygens (including phenoxy) is 3. The number of carbonyl (C=O) groups is 2. The molecule has 2 aliphatic heterocycles. The number of carbonyl (C=O) groups excluding carboxylic acids is 2. The third kappa shape index (κ3) is 4.75. The van der Waals surface area contributed by atoms with E-state index in [0.29, 0.717) is 38.5 Å². The molecule has 8 heteroatoms. The number of anilines is 1. The Labute approximate surface area is 172 Å². The largest absolute Gasteiger partial charge is 0.495 e. The van der Waals surface area contributed by atoms with Gasteiger partial charge in [-0.05, 0) is 50.5 Å². The van der Waals surface area contributed by atoms with Crippen LogP contribution in [0.15, 0.2) is 12.1 Å². The number of nitrogens with zero attached hydrogens (tertiary/aromatic N) is 3. The minimum absolute atomic E-state index is 0.0476. The Kier molecular flexibility index (Phi) is 6.21. The quantitative estimate of drug-likeness (QED) is 0.752. The lowest BCUT2D eigenvalue weighted by atomic mass is 10.1. The molecule has 0 aromatic heterocycles. The second-order valence-corrected chi connectivity index (χ2v) is 8.40. The topological polar surface area (TPSA) is 71.6 Å². The van der Waals surface area contributed by atoms with Crippen molar-refractivity contribution in [2.45, 2.75) is 45.9 Å². The Bertz CT molecular complexity index is 774. The molecule has 3 amide bonds. The fourth-order valence-corrected chi connectivity index (χ4v) is 3.66. The second kappa shape index (κ2) is 8.49. The Balaban J connectivity index is 1.82. The lowest BCUT2D eigenvalue weighted by Crippen LogP contribution is -2.50. The zero-order valence-corrected chi connectivity index (χ0v) is 18.0. The molecule has 1 aromatic carbocycles. The summed E-state index contributed by atoms with van der Waals surface area (Å²) in [5, 5.41) is 0. The van der Waals surface area contributed by atoms with Crippen molar-refractivity contribution in [3.05, 3.63) is 23.3 Å². The van der Waals surface area contributed by atoms with Crippen molar-refractivity contribution in [2.75, 3.05) is 45.4 Å². The predicted molar refractivity (Wildman–Crippen MR) is 109 cm³/mol. The fraction of sp³-hybridized carbons (Fsp3) is 0.619. The van der Waals surface area contributed by atoms with E-state index in [-0.39, 0.29) is 12.1 Å². The average molecular weight is 405 g/mol. The number of hydrogen-bond donors (Lipinski definition) is 0. The monoisotopic (exact) mass is 405 g/mol. The molecule has 1 fully saturated rings. The lowest BCUT2D eigenvalue weighted by Gasteiger charge is -2.36. The van der Waals surface area contributed by atoms with E-state index in [1.807, 2.05) is 32.9 Å². The van der Waals surface area contributed by atoms with E-state index >= 15 is 0 Å². The molecule has 0 bridgehead atoms. The van der Waals surface area contributed by atoms with Gasteiger partial charge in [0.15, 0.2) is 0 Å². The maximum absolute atomic E-state index is 13.0. The fourth-order valence-electron chi connectivity index (χ4n) is 3.66. The highest BCUT2D eigenvalue weighted by molar-refractivity contribution is 5.94. The summed E-state index contributed by atoms with van der Waals surface area (Å²) in [4.78, 5) is 30.7. The summed E-state index contributed by atoms with van der Waals surface area (Å²) >= 11 is 0. The van der Waals surface area contributed by atoms with Crippen molar-refractivity contribution in [3.63, 3.8) is 0 Å². The first kappa shape index (κ1) is 21.2. The number of urea groups is 1. The Morgan fingerprint density at radius 1 is 1.10 bits per heavy atom. The summed E-state index contributed by atoms with van der Waals surface area (Å²) in [6.45, 7) is 8.90. The molecule has 29 heavy (non-hydrogen) atoms. The van der Waals surface area contributed by atoms with Crippen LogP contribution in [-0.4, -0.2) is 68.0 Å². The molecule has 1 saturated heterocycles. The number of methoxy groups -OCH3 is 2. The van der Waals surface area contributed by atoms with Crippen molar-refractivity contribution >= 4 is 17.8 Å². The third-order valence-electron chi connectivity index (χ3n) is 5.04. The average Bonchev–Trinajstić information content (AvgIpc) is 3.08. The van der Waals surface area contributed by atoms with Gasteiger partial charge in [0.05, 0.1) is 19.4 Å². The van der Waals surface area contributed by atoms with Gasteiger partial charge in [0.25, 0.3) is 0 Å². The van der Waals surface area contributed by atoms with Crippen LogP contribution in [0.5, 0.6) is 5.75 Å². The predicted octanol–water partition coefficient (Wildman–Crippen LogP) is 3.22. The number of benzene rings is 1. The summed E-state index contributed by atoms with van der Waals surface area (Å²) in [6.07, 6.45) is 0.536. The van der Waals surface area contributed by atoms with Crippen LogP contribution in [-0.2, 0) is 22.6 Å². The highest BCUT2D eigenvalue weighted by atomic mass is 16.6. The first-order valence-electron chi connectivity index (χ1n) is 9.96. The van der Waals surface area contributed by atoms with Crippen LogP contribution in [0.3, 0.4) is 0 Å². The van der Waals surface area contributed by atoms with E-state index in [9.17, 15) is 9.59 Å². The molecule has 3 rings (SSSR count). The molecule has 0 saturated carbocycles. The van der Waals surface area contributed by atoms with Crippen LogP contribution >= 0.6 is 0 Å². The molecule has 2 aliphatic rings. The number of rotatable bonds is 5. The standard InChI is InChI=1S/C21H31N3O5/c1-21(2,3)29-20(26)23-13-15-11-17(18(28-5)12-16(15)14-23)24-8-6-7-22(19(24)25)9-10-27-4/h11-12H,6-10,13-14H2,1-5H3. The molecule has 0 unspecified atom stereocenters. The maximum Gasteiger partial charge on any atom is 0.410 e. The van der Waals surface area contributed by atoms with Crippen LogP contribution in [0, 0.1) is 0 Å². The molecular formula is C21H31N3O5. The summed E-state index contributed by atoms with van der Waals surface area (Å²) in [7, 11) is 3.23. The zero-order valence-electron chi connectivity index (χ0n) is 18.0. The lowest BCUT2D eigenvalue weighted by molar-refractivity contribution is 0.0241. The van der Waals surface area contributed by atoms with Gasteiger partial charge in [-0.25, -0.2) is 9.59 Å². The van der Waals surface area contributed by atoms with Gasteiger partial charge >= 0.3 is 12.1 Å². The first-order chi connectivity index (χ1) is 13.7. The normalized spacial score (nSPS) is 16.9. The van der Waals surface area contributed by atoms with Gasteiger partial charge in [-0.15, -0.1) is 0 Å². The minimum atomic E-state index is -0.541. The highest BCUT2D eigenvalue weighted by Gasteiger charge is 2.32. The SMILES string of the molecule is COCCN1CCCN(c2cc3c(cc2OC)CN(C(=O)OC(C)(C)C)C3)C1=O. The van der Waals surface area contributed by atoms with Gasteiger partial charge < -0.3 is 19.1 Å². The number of hydrogen-bond acceptors (Lipinski definition) is 5. The van der Waals surface area contributed by atoms with E-state index in [2.05, 4.69) is 0 Å². The molecule has 0 radical (unpaired) electrons. The van der Waals surface area contributed by atoms with Crippen molar-refractivity contribution in [2.24, 2.45) is 0 Å². The van der Waals surface area contributed by atoms with E-state index < -0.39 is 5.60 Å². The Hall–Kier alpha value is -2.48. The molecule has 2 heterocycles. The van der Waals surface area contributed by atoms with E-state index in [4.69, 9.17) is 14.2 Å². The summed E-state index contributed by atoms with van der Waals surface area (Å²) < 4.78 is 16.2. The van der Waals surface area contributed by atoms with Crippen molar-refractivity contribution in [1.82, 2.24) is 9.80 Å². The number of fused-ring (bicyclic) bond motifs is 1. The van der Waals surface area contributed by atoms with Crippen LogP contribution in [0.2, 0.25) is 0 Å². The van der Waals surface area contributed by atoms with E-state index in [0.717, 1.165) is 29.8 Å². The summed E-state index contributed by atoms with van der Waals surface area (Å²) in [6, 6.07) is 3.85. The van der Waals surface area contributed by atoms with E-state index in [1.54, 1.807) is 28.9 Å². The molecule has 8 nitrogen and oxygen atoms in total. The van der Waals surface area contributed by atoms with Gasteiger partial charge in [-0.3, -0.25) is 9.80 Å². The maximum atomic E-state index is 13.0. The molecular weight excluding hydrogens is 374 g/mol. The molecule has 0 N–H and O–H groups in total. The molecule has 0 atom stereocenters. The van der Waals surface area contributed by atoms with Gasteiger partial charge in [0, 0.05) is 39.8 Å². The van der Waals surface area contributed by atoms with Gasteiger partial charge in [0.1, 0.15) is 11.4 Å². The molecule has 1 aromatic rings. The van der Waals surface area contributed by atoms with Crippen LogP contribution in [0.25, 0.3) is 0 Å². The van der Waals surface area contributed by atoms with Gasteiger partial charge in [-0.1, -0.05) is 0 Å². The summed E-state index contributed by atoms with van der Waals surface area (Å²) in [5.74, 6) is 0.636. The van der Waals surface area contributed by atoms with Crippen LogP contribution < -0.4 is 9.64 Å². The smallest absolute Gasteiger partial charge is 0.410 e. The Morgan fingerprint density at radius 3 is 2.41 bits per heavy atom. The second-order valence-electron chi connectivity index (χ2n) is 8.40.